The van der Waals surface area contributed by atoms with Crippen molar-refractivity contribution in [3.05, 3.63) is 101 Å². The van der Waals surface area contributed by atoms with Crippen LogP contribution in [0.25, 0.3) is 41.6 Å². The first-order chi connectivity index (χ1) is 20.3. The zero-order valence-electron chi connectivity index (χ0n) is 22.6. The molecule has 0 bridgehead atoms. The van der Waals surface area contributed by atoms with Crippen molar-refractivity contribution in [1.82, 2.24) is 16.1 Å². The molecule has 44 heavy (non-hydrogen) atoms. The Bertz CT molecular complexity index is 2170. The fourth-order valence-electron chi connectivity index (χ4n) is 4.66. The number of hydrogen-bond acceptors (Lipinski definition) is 8. The largest absolute Gasteiger partial charge is 0.419 e. The summed E-state index contributed by atoms with van der Waals surface area (Å²) in [5, 5.41) is 1.30. The van der Waals surface area contributed by atoms with Gasteiger partial charge in [-0.05, 0) is 54.4 Å². The minimum absolute atomic E-state index is 0. The lowest BCUT2D eigenvalue weighted by molar-refractivity contribution is -0.140. The molecule has 6 rings (SSSR count). The monoisotopic (exact) mass is 659 g/mol. The molecule has 4 N–H and O–H groups in total. The number of aryl methyl sites for hydroxylation is 1. The molecule has 0 spiro atoms. The maximum absolute atomic E-state index is 13.9. The van der Waals surface area contributed by atoms with E-state index in [1.165, 1.54) is 22.7 Å². The molecule has 0 saturated heterocycles. The van der Waals surface area contributed by atoms with Crippen LogP contribution in [0.4, 0.5) is 17.6 Å². The molecule has 226 valence electrons. The summed E-state index contributed by atoms with van der Waals surface area (Å²) in [7, 11) is -4.43. The molecular formula is C30H21F4N3O4S3. The molecule has 4 aromatic carbocycles. The summed E-state index contributed by atoms with van der Waals surface area (Å²) in [6.07, 6.45) is -4.95. The highest BCUT2D eigenvalue weighted by atomic mass is 32.2. The Kier molecular flexibility index (Phi) is 8.16. The Morgan fingerprint density at radius 1 is 0.864 bits per heavy atom. The van der Waals surface area contributed by atoms with Crippen LogP contribution in [-0.4, -0.2) is 28.7 Å². The second kappa shape index (κ2) is 11.4. The molecule has 6 aromatic rings. The van der Waals surface area contributed by atoms with Gasteiger partial charge in [0, 0.05) is 23.1 Å². The number of carbonyl (C=O) groups is 1. The Labute approximate surface area is 256 Å². The summed E-state index contributed by atoms with van der Waals surface area (Å²) >= 11 is 2.60. The number of benzene rings is 4. The number of halogens is 4. The summed E-state index contributed by atoms with van der Waals surface area (Å²) in [4.78, 5) is 21.7. The smallest absolute Gasteiger partial charge is 0.344 e. The van der Waals surface area contributed by atoms with E-state index in [0.717, 1.165) is 27.4 Å². The van der Waals surface area contributed by atoms with E-state index in [4.69, 9.17) is 0 Å². The van der Waals surface area contributed by atoms with Crippen molar-refractivity contribution < 1.29 is 35.3 Å². The van der Waals surface area contributed by atoms with E-state index in [9.17, 15) is 35.3 Å². The van der Waals surface area contributed by atoms with E-state index in [2.05, 4.69) is 9.97 Å². The fourth-order valence-corrected chi connectivity index (χ4v) is 7.98. The lowest BCUT2D eigenvalue weighted by Crippen LogP contribution is -2.10. The van der Waals surface area contributed by atoms with Gasteiger partial charge in [-0.15, -0.1) is 22.7 Å². The van der Waals surface area contributed by atoms with E-state index in [1.54, 1.807) is 43.3 Å². The van der Waals surface area contributed by atoms with Crippen LogP contribution in [0.5, 0.6) is 0 Å². The Morgan fingerprint density at radius 2 is 1.50 bits per heavy atom. The van der Waals surface area contributed by atoms with Crippen molar-refractivity contribution in [3.8, 4) is 21.1 Å². The number of ketones is 1. The SMILES string of the molecule is Cc1ccc2nc(-c3ccc4nc(-c5ccc(CC(=O)c6ccc(C(F)(F)F)c(F)c6)cc5)sc4c3)sc2c1S(=O)(=O)O.N. The molecule has 0 aliphatic rings. The quantitative estimate of drug-likeness (QED) is 0.104. The van der Waals surface area contributed by atoms with Gasteiger partial charge >= 0.3 is 6.18 Å². The fraction of sp³-hybridized carbons (Fsp3) is 0.100. The summed E-state index contributed by atoms with van der Waals surface area (Å²) in [5.41, 5.74) is 2.22. The third-order valence-electron chi connectivity index (χ3n) is 6.76. The third-order valence-corrected chi connectivity index (χ3v) is 10.1. The van der Waals surface area contributed by atoms with Gasteiger partial charge in [0.05, 0.1) is 26.0 Å². The van der Waals surface area contributed by atoms with Crippen LogP contribution in [0.15, 0.2) is 77.7 Å². The Balaban J connectivity index is 0.00000384. The van der Waals surface area contributed by atoms with E-state index in [-0.39, 0.29) is 23.0 Å². The summed E-state index contributed by atoms with van der Waals surface area (Å²) < 4.78 is 87.3. The number of Topliss-reactive ketones (excluding diaryl/α,β-unsaturated/α-hetero) is 1. The van der Waals surface area contributed by atoms with Crippen molar-refractivity contribution in [1.29, 1.82) is 0 Å². The van der Waals surface area contributed by atoms with Crippen molar-refractivity contribution in [2.45, 2.75) is 24.4 Å². The lowest BCUT2D eigenvalue weighted by atomic mass is 10.0. The van der Waals surface area contributed by atoms with E-state index in [0.29, 0.717) is 43.5 Å². The predicted molar refractivity (Wildman–Crippen MR) is 163 cm³/mol. The number of hydrogen-bond donors (Lipinski definition) is 2. The first kappa shape index (κ1) is 31.3. The molecule has 0 aliphatic heterocycles. The zero-order chi connectivity index (χ0) is 30.7. The van der Waals surface area contributed by atoms with Crippen LogP contribution >= 0.6 is 22.7 Å². The van der Waals surface area contributed by atoms with Crippen molar-refractivity contribution in [2.75, 3.05) is 0 Å². The van der Waals surface area contributed by atoms with Gasteiger partial charge in [-0.2, -0.15) is 21.6 Å². The standard InChI is InChI=1S/C30H18F4N2O4S3.H3N/c1-15-2-10-23-26(27(15)43(38,39)40)42-29(36-23)19-8-11-22-25(14-19)41-28(35-22)17-5-3-16(4-6-17)12-24(37)18-7-9-20(21(31)13-18)30(32,33)34;/h2-11,13-14H,12H2,1H3,(H,38,39,40);1H3. The minimum atomic E-state index is -4.84. The van der Waals surface area contributed by atoms with Crippen LogP contribution in [0, 0.1) is 12.7 Å². The van der Waals surface area contributed by atoms with Gasteiger partial charge in [-0.3, -0.25) is 9.35 Å². The second-order valence-corrected chi connectivity index (χ2v) is 13.1. The summed E-state index contributed by atoms with van der Waals surface area (Å²) in [6.45, 7) is 1.61. The van der Waals surface area contributed by atoms with Gasteiger partial charge in [0.2, 0.25) is 0 Å². The Hall–Kier alpha value is -4.08. The lowest BCUT2D eigenvalue weighted by Gasteiger charge is -2.09. The molecule has 0 unspecified atom stereocenters. The average molecular weight is 660 g/mol. The zero-order valence-corrected chi connectivity index (χ0v) is 25.1. The molecule has 0 radical (unpaired) electrons. The molecule has 2 heterocycles. The Morgan fingerprint density at radius 3 is 2.16 bits per heavy atom. The van der Waals surface area contributed by atoms with E-state index >= 15 is 0 Å². The molecule has 0 saturated carbocycles. The van der Waals surface area contributed by atoms with Gasteiger partial charge in [-0.1, -0.05) is 36.4 Å². The molecule has 2 aromatic heterocycles. The molecule has 7 nitrogen and oxygen atoms in total. The van der Waals surface area contributed by atoms with Gasteiger partial charge in [0.25, 0.3) is 10.1 Å². The number of fused-ring (bicyclic) bond motifs is 2. The first-order valence-electron chi connectivity index (χ1n) is 12.6. The van der Waals surface area contributed by atoms with Gasteiger partial charge in [0.15, 0.2) is 5.78 Å². The molecule has 14 heteroatoms. The van der Waals surface area contributed by atoms with Gasteiger partial charge in [-0.25, -0.2) is 14.4 Å². The molecule has 0 fully saturated rings. The molecule has 0 aliphatic carbocycles. The molecule has 0 atom stereocenters. The van der Waals surface area contributed by atoms with E-state index in [1.807, 2.05) is 18.2 Å². The minimum Gasteiger partial charge on any atom is -0.344 e. The highest BCUT2D eigenvalue weighted by Gasteiger charge is 2.34. The highest BCUT2D eigenvalue weighted by molar-refractivity contribution is 7.86. The molecule has 0 amide bonds. The normalized spacial score (nSPS) is 12.0. The second-order valence-electron chi connectivity index (χ2n) is 9.74. The van der Waals surface area contributed by atoms with Crippen LogP contribution in [0.3, 0.4) is 0 Å². The maximum atomic E-state index is 13.9. The maximum Gasteiger partial charge on any atom is 0.419 e. The number of alkyl halides is 3. The number of nitrogens with zero attached hydrogens (tertiary/aromatic N) is 2. The number of thiazole rings is 2. The van der Waals surface area contributed by atoms with Gasteiger partial charge < -0.3 is 6.15 Å². The van der Waals surface area contributed by atoms with Crippen LogP contribution in [0.1, 0.15) is 27.0 Å². The van der Waals surface area contributed by atoms with Crippen LogP contribution < -0.4 is 6.15 Å². The summed E-state index contributed by atoms with van der Waals surface area (Å²) in [6, 6.07) is 18.0. The predicted octanol–water partition coefficient (Wildman–Crippen LogP) is 8.54. The van der Waals surface area contributed by atoms with Crippen LogP contribution in [0.2, 0.25) is 0 Å². The van der Waals surface area contributed by atoms with Crippen LogP contribution in [-0.2, 0) is 22.7 Å². The third kappa shape index (κ3) is 5.99. The van der Waals surface area contributed by atoms with Crippen molar-refractivity contribution in [3.63, 3.8) is 0 Å². The van der Waals surface area contributed by atoms with Crippen molar-refractivity contribution >= 4 is 59.0 Å². The number of rotatable bonds is 6. The summed E-state index contributed by atoms with van der Waals surface area (Å²) in [5.74, 6) is -2.00. The average Bonchev–Trinajstić information content (AvgIpc) is 3.55. The van der Waals surface area contributed by atoms with E-state index < -0.39 is 33.5 Å². The topological polar surface area (TPSA) is 132 Å². The van der Waals surface area contributed by atoms with Crippen molar-refractivity contribution in [2.24, 2.45) is 0 Å². The highest BCUT2D eigenvalue weighted by Crippen LogP contribution is 2.38. The first-order valence-corrected chi connectivity index (χ1v) is 15.6. The van der Waals surface area contributed by atoms with Gasteiger partial charge in [0.1, 0.15) is 20.7 Å². The number of aromatic nitrogens is 2. The molecular weight excluding hydrogens is 639 g/mol. The number of carbonyl (C=O) groups excluding carboxylic acids is 1.